The number of rotatable bonds is 4. The van der Waals surface area contributed by atoms with Gasteiger partial charge in [0, 0.05) is 22.7 Å². The maximum Gasteiger partial charge on any atom is 0.223 e. The molecule has 0 spiro atoms. The van der Waals surface area contributed by atoms with Crippen molar-refractivity contribution in [1.29, 1.82) is 0 Å². The van der Waals surface area contributed by atoms with E-state index in [-0.39, 0.29) is 5.41 Å². The van der Waals surface area contributed by atoms with Crippen LogP contribution in [0.4, 0.5) is 0 Å². The van der Waals surface area contributed by atoms with E-state index in [0.717, 1.165) is 22.6 Å². The molecular formula is C17H20BrNO2. The van der Waals surface area contributed by atoms with Gasteiger partial charge in [-0.25, -0.2) is 4.98 Å². The monoisotopic (exact) mass is 349 g/mol. The number of benzene rings is 1. The van der Waals surface area contributed by atoms with E-state index in [2.05, 4.69) is 41.7 Å². The Labute approximate surface area is 134 Å². The average molecular weight is 350 g/mol. The first-order valence-electron chi connectivity index (χ1n) is 6.82. The number of halogens is 1. The molecule has 1 heterocycles. The third kappa shape index (κ3) is 3.76. The van der Waals surface area contributed by atoms with Gasteiger partial charge in [0.15, 0.2) is 0 Å². The third-order valence-electron chi connectivity index (χ3n) is 3.20. The predicted octanol–water partition coefficient (Wildman–Crippen LogP) is 5.07. The Morgan fingerprint density at radius 3 is 2.57 bits per heavy atom. The Kier molecular flexibility index (Phi) is 4.88. The summed E-state index contributed by atoms with van der Waals surface area (Å²) in [7, 11) is 1.67. The zero-order chi connectivity index (χ0) is 15.5. The van der Waals surface area contributed by atoms with Gasteiger partial charge < -0.3 is 9.47 Å². The predicted molar refractivity (Wildman–Crippen MR) is 88.6 cm³/mol. The van der Waals surface area contributed by atoms with E-state index in [4.69, 9.17) is 9.47 Å². The van der Waals surface area contributed by atoms with Crippen molar-refractivity contribution in [2.24, 2.45) is 0 Å². The molecule has 1 aromatic carbocycles. The van der Waals surface area contributed by atoms with Crippen LogP contribution in [0.15, 0.2) is 36.5 Å². The smallest absolute Gasteiger partial charge is 0.223 e. The van der Waals surface area contributed by atoms with Crippen molar-refractivity contribution in [3.63, 3.8) is 0 Å². The molecular weight excluding hydrogens is 330 g/mol. The summed E-state index contributed by atoms with van der Waals surface area (Å²) in [6, 6.07) is 9.76. The third-order valence-corrected chi connectivity index (χ3v) is 3.80. The van der Waals surface area contributed by atoms with E-state index >= 15 is 0 Å². The van der Waals surface area contributed by atoms with Crippen molar-refractivity contribution in [3.8, 4) is 17.4 Å². The Morgan fingerprint density at radius 2 is 1.95 bits per heavy atom. The van der Waals surface area contributed by atoms with Crippen LogP contribution in [0.1, 0.15) is 31.9 Å². The molecule has 0 fully saturated rings. The lowest BCUT2D eigenvalue weighted by Gasteiger charge is -2.23. The summed E-state index contributed by atoms with van der Waals surface area (Å²) < 4.78 is 11.4. The van der Waals surface area contributed by atoms with Gasteiger partial charge >= 0.3 is 0 Å². The van der Waals surface area contributed by atoms with Crippen LogP contribution < -0.4 is 9.47 Å². The van der Waals surface area contributed by atoms with Crippen molar-refractivity contribution in [2.45, 2.75) is 31.5 Å². The van der Waals surface area contributed by atoms with Gasteiger partial charge in [-0.1, -0.05) is 42.8 Å². The quantitative estimate of drug-likeness (QED) is 0.721. The minimum absolute atomic E-state index is 0.0484. The van der Waals surface area contributed by atoms with E-state index in [0.29, 0.717) is 11.2 Å². The molecule has 0 aliphatic carbocycles. The van der Waals surface area contributed by atoms with E-state index < -0.39 is 0 Å². The van der Waals surface area contributed by atoms with Gasteiger partial charge in [-0.15, -0.1) is 0 Å². The summed E-state index contributed by atoms with van der Waals surface area (Å²) in [6.45, 7) is 6.45. The largest absolute Gasteiger partial charge is 0.497 e. The first kappa shape index (κ1) is 15.8. The maximum absolute atomic E-state index is 6.06. The number of aromatic nitrogens is 1. The van der Waals surface area contributed by atoms with E-state index in [1.807, 2.05) is 30.3 Å². The molecule has 21 heavy (non-hydrogen) atoms. The number of nitrogens with zero attached hydrogens (tertiary/aromatic N) is 1. The lowest BCUT2D eigenvalue weighted by Crippen LogP contribution is -2.13. The molecule has 0 radical (unpaired) electrons. The lowest BCUT2D eigenvalue weighted by molar-refractivity contribution is 0.404. The summed E-state index contributed by atoms with van der Waals surface area (Å²) in [4.78, 5) is 4.33. The average Bonchev–Trinajstić information content (AvgIpc) is 2.47. The van der Waals surface area contributed by atoms with E-state index in [9.17, 15) is 0 Å². The number of hydrogen-bond acceptors (Lipinski definition) is 3. The van der Waals surface area contributed by atoms with Gasteiger partial charge in [-0.05, 0) is 29.7 Å². The van der Waals surface area contributed by atoms with Crippen molar-refractivity contribution in [1.82, 2.24) is 4.98 Å². The van der Waals surface area contributed by atoms with Gasteiger partial charge in [0.25, 0.3) is 0 Å². The number of ether oxygens (including phenoxy) is 2. The second kappa shape index (κ2) is 6.48. The van der Waals surface area contributed by atoms with Crippen molar-refractivity contribution >= 4 is 15.9 Å². The second-order valence-corrected chi connectivity index (χ2v) is 6.38. The molecule has 0 saturated carbocycles. The maximum atomic E-state index is 6.06. The zero-order valence-electron chi connectivity index (χ0n) is 12.8. The number of alkyl halides is 1. The Balaban J connectivity index is 2.44. The van der Waals surface area contributed by atoms with Gasteiger partial charge in [-0.3, -0.25) is 0 Å². The molecule has 3 nitrogen and oxygen atoms in total. The molecule has 0 bridgehead atoms. The molecule has 0 atom stereocenters. The first-order chi connectivity index (χ1) is 9.95. The van der Waals surface area contributed by atoms with Crippen molar-refractivity contribution < 1.29 is 9.47 Å². The Bertz CT molecular complexity index is 620. The van der Waals surface area contributed by atoms with E-state index in [1.165, 1.54) is 0 Å². The highest BCUT2D eigenvalue weighted by Gasteiger charge is 2.21. The van der Waals surface area contributed by atoms with Gasteiger partial charge in [-0.2, -0.15) is 0 Å². The van der Waals surface area contributed by atoms with Gasteiger partial charge in [0.05, 0.1) is 7.11 Å². The molecule has 0 aliphatic heterocycles. The number of methoxy groups -OCH3 is 1. The molecule has 2 rings (SSSR count). The molecule has 1 aromatic heterocycles. The zero-order valence-corrected chi connectivity index (χ0v) is 14.4. The van der Waals surface area contributed by atoms with Crippen LogP contribution in [0.3, 0.4) is 0 Å². The summed E-state index contributed by atoms with van der Waals surface area (Å²) in [5.74, 6) is 2.27. The van der Waals surface area contributed by atoms with Gasteiger partial charge in [0.2, 0.25) is 5.88 Å². The normalized spacial score (nSPS) is 11.3. The fourth-order valence-corrected chi connectivity index (χ4v) is 2.46. The van der Waals surface area contributed by atoms with Gasteiger partial charge in [0.1, 0.15) is 11.5 Å². The molecule has 4 heteroatoms. The van der Waals surface area contributed by atoms with Crippen LogP contribution in [0.5, 0.6) is 17.4 Å². The van der Waals surface area contributed by atoms with Crippen molar-refractivity contribution in [3.05, 3.63) is 47.7 Å². The fraction of sp³-hybridized carbons (Fsp3) is 0.353. The SMILES string of the molecule is COc1ccc(Oc2ncccc2CBr)c(C(C)(C)C)c1. The highest BCUT2D eigenvalue weighted by Crippen LogP contribution is 2.37. The highest BCUT2D eigenvalue weighted by molar-refractivity contribution is 9.08. The minimum Gasteiger partial charge on any atom is -0.497 e. The summed E-state index contributed by atoms with van der Waals surface area (Å²) >= 11 is 3.46. The first-order valence-corrected chi connectivity index (χ1v) is 7.94. The fourth-order valence-electron chi connectivity index (χ4n) is 2.03. The van der Waals surface area contributed by atoms with Crippen LogP contribution in [-0.2, 0) is 10.7 Å². The second-order valence-electron chi connectivity index (χ2n) is 5.82. The lowest BCUT2D eigenvalue weighted by atomic mass is 9.86. The topological polar surface area (TPSA) is 31.4 Å². The summed E-state index contributed by atoms with van der Waals surface area (Å²) in [5, 5.41) is 0.706. The highest BCUT2D eigenvalue weighted by atomic mass is 79.9. The molecule has 2 aromatic rings. The molecule has 0 amide bonds. The standard InChI is InChI=1S/C17H20BrNO2/c1-17(2,3)14-10-13(20-4)7-8-15(14)21-16-12(11-18)6-5-9-19-16/h5-10H,11H2,1-4H3. The molecule has 0 unspecified atom stereocenters. The van der Waals surface area contributed by atoms with E-state index in [1.54, 1.807) is 13.3 Å². The van der Waals surface area contributed by atoms with Crippen LogP contribution in [0.2, 0.25) is 0 Å². The van der Waals surface area contributed by atoms with Crippen molar-refractivity contribution in [2.75, 3.05) is 7.11 Å². The van der Waals surface area contributed by atoms with Crippen LogP contribution >= 0.6 is 15.9 Å². The molecule has 0 aliphatic rings. The summed E-state index contributed by atoms with van der Waals surface area (Å²) in [6.07, 6.45) is 1.74. The Hall–Kier alpha value is -1.55. The number of hydrogen-bond donors (Lipinski definition) is 0. The van der Waals surface area contributed by atoms with Crippen LogP contribution in [0.25, 0.3) is 0 Å². The summed E-state index contributed by atoms with van der Waals surface area (Å²) in [5.41, 5.74) is 2.06. The Morgan fingerprint density at radius 1 is 1.19 bits per heavy atom. The van der Waals surface area contributed by atoms with Crippen LogP contribution in [-0.4, -0.2) is 12.1 Å². The number of pyridine rings is 1. The molecule has 0 saturated heterocycles. The molecule has 112 valence electrons. The van der Waals surface area contributed by atoms with Crippen LogP contribution in [0, 0.1) is 0 Å². The minimum atomic E-state index is -0.0484. The molecule has 0 N–H and O–H groups in total.